The lowest BCUT2D eigenvalue weighted by atomic mass is 10.1. The average Bonchev–Trinajstić information content (AvgIpc) is 2.50. The van der Waals surface area contributed by atoms with Crippen LogP contribution in [-0.2, 0) is 5.88 Å². The molecule has 2 aromatic carbocycles. The summed E-state index contributed by atoms with van der Waals surface area (Å²) >= 11 is 5.88. The van der Waals surface area contributed by atoms with E-state index in [1.807, 2.05) is 31.2 Å². The van der Waals surface area contributed by atoms with Crippen LogP contribution in [0.15, 0.2) is 48.5 Å². The van der Waals surface area contributed by atoms with E-state index >= 15 is 0 Å². The van der Waals surface area contributed by atoms with Gasteiger partial charge in [0, 0.05) is 17.5 Å². The summed E-state index contributed by atoms with van der Waals surface area (Å²) in [7, 11) is 0. The van der Waals surface area contributed by atoms with E-state index in [0.29, 0.717) is 17.4 Å². The predicted octanol–water partition coefficient (Wildman–Crippen LogP) is 5.21. The van der Waals surface area contributed by atoms with Crippen molar-refractivity contribution in [2.45, 2.75) is 12.8 Å². The van der Waals surface area contributed by atoms with Crippen molar-refractivity contribution in [1.82, 2.24) is 4.98 Å². The van der Waals surface area contributed by atoms with E-state index in [0.717, 1.165) is 22.2 Å². The third-order valence-electron chi connectivity index (χ3n) is 3.24. The Kier molecular flexibility index (Phi) is 3.76. The van der Waals surface area contributed by atoms with Crippen molar-refractivity contribution in [3.8, 4) is 11.5 Å². The zero-order valence-electron chi connectivity index (χ0n) is 11.4. The zero-order valence-corrected chi connectivity index (χ0v) is 12.2. The highest BCUT2D eigenvalue weighted by atomic mass is 35.5. The van der Waals surface area contributed by atoms with Crippen LogP contribution in [0.2, 0.25) is 0 Å². The first-order valence-corrected chi connectivity index (χ1v) is 7.09. The second-order valence-corrected chi connectivity index (χ2v) is 5.04. The van der Waals surface area contributed by atoms with Crippen molar-refractivity contribution in [3.63, 3.8) is 0 Å². The van der Waals surface area contributed by atoms with Crippen LogP contribution in [0.1, 0.15) is 11.3 Å². The summed E-state index contributed by atoms with van der Waals surface area (Å²) < 4.78 is 19.3. The first kappa shape index (κ1) is 13.8. The van der Waals surface area contributed by atoms with Gasteiger partial charge in [0.05, 0.1) is 17.1 Å². The summed E-state index contributed by atoms with van der Waals surface area (Å²) in [5.74, 6) is 1.09. The summed E-state index contributed by atoms with van der Waals surface area (Å²) in [5, 5.41) is 0.870. The number of ether oxygens (including phenoxy) is 1. The Hall–Kier alpha value is -2.13. The molecule has 0 spiro atoms. The van der Waals surface area contributed by atoms with E-state index in [4.69, 9.17) is 16.3 Å². The van der Waals surface area contributed by atoms with Crippen molar-refractivity contribution >= 4 is 22.5 Å². The van der Waals surface area contributed by atoms with Gasteiger partial charge >= 0.3 is 0 Å². The molecule has 3 aromatic rings. The minimum atomic E-state index is -0.327. The van der Waals surface area contributed by atoms with Gasteiger partial charge in [-0.15, -0.1) is 11.6 Å². The van der Waals surface area contributed by atoms with Crippen molar-refractivity contribution in [3.05, 3.63) is 65.6 Å². The lowest BCUT2D eigenvalue weighted by Crippen LogP contribution is -1.94. The van der Waals surface area contributed by atoms with Crippen molar-refractivity contribution in [1.29, 1.82) is 0 Å². The number of benzene rings is 2. The fourth-order valence-corrected chi connectivity index (χ4v) is 2.29. The zero-order chi connectivity index (χ0) is 14.8. The lowest BCUT2D eigenvalue weighted by molar-refractivity contribution is 0.477. The molecule has 0 aliphatic carbocycles. The number of fused-ring (bicyclic) bond motifs is 1. The van der Waals surface area contributed by atoms with Crippen LogP contribution < -0.4 is 4.74 Å². The summed E-state index contributed by atoms with van der Waals surface area (Å²) in [5.41, 5.74) is 2.39. The van der Waals surface area contributed by atoms with E-state index in [-0.39, 0.29) is 5.82 Å². The second kappa shape index (κ2) is 5.70. The molecule has 0 unspecified atom stereocenters. The highest BCUT2D eigenvalue weighted by Gasteiger charge is 2.09. The predicted molar refractivity (Wildman–Crippen MR) is 82.5 cm³/mol. The highest BCUT2D eigenvalue weighted by Crippen LogP contribution is 2.32. The molecule has 3 rings (SSSR count). The molecule has 0 aliphatic rings. The molecule has 0 amide bonds. The molecule has 21 heavy (non-hydrogen) atoms. The van der Waals surface area contributed by atoms with Gasteiger partial charge in [-0.3, -0.25) is 4.98 Å². The highest BCUT2D eigenvalue weighted by molar-refractivity contribution is 6.17. The summed E-state index contributed by atoms with van der Waals surface area (Å²) in [6.07, 6.45) is 0. The Labute approximate surface area is 127 Å². The molecule has 0 radical (unpaired) electrons. The van der Waals surface area contributed by atoms with E-state index in [1.54, 1.807) is 12.1 Å². The monoisotopic (exact) mass is 301 g/mol. The number of hydrogen-bond donors (Lipinski definition) is 0. The quantitative estimate of drug-likeness (QED) is 0.619. The van der Waals surface area contributed by atoms with Gasteiger partial charge in [-0.1, -0.05) is 18.2 Å². The minimum Gasteiger partial charge on any atom is -0.456 e. The number of nitrogens with zero attached hydrogens (tertiary/aromatic N) is 1. The van der Waals surface area contributed by atoms with Gasteiger partial charge in [0.25, 0.3) is 0 Å². The molecular weight excluding hydrogens is 289 g/mol. The topological polar surface area (TPSA) is 22.1 Å². The maximum Gasteiger partial charge on any atom is 0.138 e. The van der Waals surface area contributed by atoms with Crippen LogP contribution in [0.3, 0.4) is 0 Å². The van der Waals surface area contributed by atoms with Gasteiger partial charge in [0.1, 0.15) is 17.3 Å². The molecule has 0 saturated carbocycles. The van der Waals surface area contributed by atoms with Crippen LogP contribution in [0, 0.1) is 12.7 Å². The normalized spacial score (nSPS) is 10.8. The number of halogens is 2. The first-order chi connectivity index (χ1) is 10.2. The molecule has 0 N–H and O–H groups in total. The number of aryl methyl sites for hydroxylation is 1. The Bertz CT molecular complexity index is 804. The van der Waals surface area contributed by atoms with Crippen LogP contribution in [-0.4, -0.2) is 4.98 Å². The summed E-state index contributed by atoms with van der Waals surface area (Å²) in [4.78, 5) is 4.45. The lowest BCUT2D eigenvalue weighted by Gasteiger charge is -2.12. The summed E-state index contributed by atoms with van der Waals surface area (Å²) in [6, 6.07) is 13.9. The van der Waals surface area contributed by atoms with Gasteiger partial charge in [-0.25, -0.2) is 4.39 Å². The Morgan fingerprint density at radius 2 is 1.90 bits per heavy atom. The SMILES string of the molecule is Cc1ccc(F)cc1Oc1cc(CCl)nc2ccccc12. The van der Waals surface area contributed by atoms with Crippen molar-refractivity contribution in [2.75, 3.05) is 0 Å². The molecule has 0 saturated heterocycles. The Morgan fingerprint density at radius 1 is 1.10 bits per heavy atom. The van der Waals surface area contributed by atoms with Crippen LogP contribution >= 0.6 is 11.6 Å². The molecular formula is C17H13ClFNO. The first-order valence-electron chi connectivity index (χ1n) is 6.56. The standard InChI is InChI=1S/C17H13ClFNO/c1-11-6-7-12(19)8-16(11)21-17-9-13(10-18)20-15-5-3-2-4-14(15)17/h2-9H,10H2,1H3. The number of para-hydroxylation sites is 1. The van der Waals surface area contributed by atoms with E-state index in [1.165, 1.54) is 12.1 Å². The smallest absolute Gasteiger partial charge is 0.138 e. The number of pyridine rings is 1. The third kappa shape index (κ3) is 2.83. The van der Waals surface area contributed by atoms with Gasteiger partial charge in [0.15, 0.2) is 0 Å². The molecule has 4 heteroatoms. The maximum atomic E-state index is 13.4. The number of rotatable bonds is 3. The summed E-state index contributed by atoms with van der Waals surface area (Å²) in [6.45, 7) is 1.88. The van der Waals surface area contributed by atoms with Gasteiger partial charge in [-0.05, 0) is 30.7 Å². The van der Waals surface area contributed by atoms with E-state index < -0.39 is 0 Å². The number of aromatic nitrogens is 1. The van der Waals surface area contributed by atoms with Crippen LogP contribution in [0.25, 0.3) is 10.9 Å². The molecule has 0 aliphatic heterocycles. The van der Waals surface area contributed by atoms with Crippen LogP contribution in [0.4, 0.5) is 4.39 Å². The van der Waals surface area contributed by atoms with E-state index in [2.05, 4.69) is 4.98 Å². The fourth-order valence-electron chi connectivity index (χ4n) is 2.15. The van der Waals surface area contributed by atoms with Crippen molar-refractivity contribution < 1.29 is 9.13 Å². The number of hydrogen-bond acceptors (Lipinski definition) is 2. The molecule has 0 bridgehead atoms. The number of alkyl halides is 1. The average molecular weight is 302 g/mol. The third-order valence-corrected chi connectivity index (χ3v) is 3.51. The molecule has 0 atom stereocenters. The van der Waals surface area contributed by atoms with E-state index in [9.17, 15) is 4.39 Å². The molecule has 2 nitrogen and oxygen atoms in total. The fraction of sp³-hybridized carbons (Fsp3) is 0.118. The molecule has 0 fully saturated rings. The van der Waals surface area contributed by atoms with Gasteiger partial charge < -0.3 is 4.74 Å². The van der Waals surface area contributed by atoms with Gasteiger partial charge in [-0.2, -0.15) is 0 Å². The Balaban J connectivity index is 2.13. The Morgan fingerprint density at radius 3 is 2.71 bits per heavy atom. The maximum absolute atomic E-state index is 13.4. The minimum absolute atomic E-state index is 0.295. The van der Waals surface area contributed by atoms with Crippen molar-refractivity contribution in [2.24, 2.45) is 0 Å². The molecule has 1 aromatic heterocycles. The molecule has 106 valence electrons. The largest absolute Gasteiger partial charge is 0.456 e. The van der Waals surface area contributed by atoms with Crippen LogP contribution in [0.5, 0.6) is 11.5 Å². The molecule has 1 heterocycles. The van der Waals surface area contributed by atoms with Gasteiger partial charge in [0.2, 0.25) is 0 Å². The second-order valence-electron chi connectivity index (χ2n) is 4.77.